The van der Waals surface area contributed by atoms with Gasteiger partial charge in [0.15, 0.2) is 12.6 Å². The SMILES string of the molecule is Cc1cc(NC(=O)C[N+]23CCC(CC2)[C@@H](OC(=O)C(O)(c2ccccc2)c2ccccc2)C3)n(C)n1.O=C([O-])C(F)(F)F. The van der Waals surface area contributed by atoms with Crippen molar-refractivity contribution in [3.05, 3.63) is 83.6 Å². The summed E-state index contributed by atoms with van der Waals surface area (Å²) in [6.07, 6.45) is -3.79. The quantitative estimate of drug-likeness (QED) is 0.313. The van der Waals surface area contributed by atoms with E-state index < -0.39 is 23.7 Å². The first-order chi connectivity index (χ1) is 20.2. The molecule has 10 nitrogen and oxygen atoms in total. The van der Waals surface area contributed by atoms with Gasteiger partial charge in [-0.1, -0.05) is 60.7 Å². The summed E-state index contributed by atoms with van der Waals surface area (Å²) < 4.78 is 39.9. The number of carbonyl (C=O) groups excluding carboxylic acids is 3. The Hall–Kier alpha value is -4.23. The van der Waals surface area contributed by atoms with E-state index in [0.717, 1.165) is 31.6 Å². The first kappa shape index (κ1) is 31.7. The second-order valence-electron chi connectivity index (χ2n) is 11.0. The van der Waals surface area contributed by atoms with Crippen LogP contribution in [0.2, 0.25) is 0 Å². The largest absolute Gasteiger partial charge is 0.542 e. The molecule has 3 aliphatic heterocycles. The van der Waals surface area contributed by atoms with Crippen LogP contribution in [-0.2, 0) is 31.8 Å². The summed E-state index contributed by atoms with van der Waals surface area (Å²) in [6.45, 7) is 4.51. The maximum absolute atomic E-state index is 13.6. The number of piperidine rings is 3. The van der Waals surface area contributed by atoms with Crippen molar-refractivity contribution in [2.24, 2.45) is 13.0 Å². The van der Waals surface area contributed by atoms with Gasteiger partial charge in [-0.3, -0.25) is 9.48 Å². The highest BCUT2D eigenvalue weighted by atomic mass is 19.4. The fourth-order valence-electron chi connectivity index (χ4n) is 5.78. The molecule has 0 aliphatic carbocycles. The van der Waals surface area contributed by atoms with E-state index in [1.54, 1.807) is 60.3 Å². The smallest absolute Gasteiger partial charge is 0.430 e. The number of hydrogen-bond donors (Lipinski definition) is 2. The number of alkyl halides is 3. The molecule has 230 valence electrons. The highest BCUT2D eigenvalue weighted by molar-refractivity contribution is 5.91. The van der Waals surface area contributed by atoms with Crippen molar-refractivity contribution >= 4 is 23.7 Å². The summed E-state index contributed by atoms with van der Waals surface area (Å²) in [7, 11) is 1.80. The molecule has 2 N–H and O–H groups in total. The molecule has 3 fully saturated rings. The third-order valence-electron chi connectivity index (χ3n) is 7.96. The third-order valence-corrected chi connectivity index (χ3v) is 7.96. The number of nitrogens with zero attached hydrogens (tertiary/aromatic N) is 3. The number of fused-ring (bicyclic) bond motifs is 3. The summed E-state index contributed by atoms with van der Waals surface area (Å²) in [5.41, 5.74) is -0.127. The van der Waals surface area contributed by atoms with Crippen LogP contribution in [-0.4, -0.2) is 75.7 Å². The molecule has 0 saturated carbocycles. The number of aliphatic hydroxyl groups is 1. The summed E-state index contributed by atoms with van der Waals surface area (Å²) >= 11 is 0. The first-order valence-corrected chi connectivity index (χ1v) is 13.7. The Kier molecular flexibility index (Phi) is 9.26. The lowest BCUT2D eigenvalue weighted by molar-refractivity contribution is -0.939. The number of esters is 1. The average Bonchev–Trinajstić information content (AvgIpc) is 3.29. The fraction of sp³-hybridized carbons (Fsp3) is 0.400. The monoisotopic (exact) mass is 602 g/mol. The number of carboxylic acids is 1. The van der Waals surface area contributed by atoms with Crippen molar-refractivity contribution in [3.63, 3.8) is 0 Å². The highest BCUT2D eigenvalue weighted by Crippen LogP contribution is 2.38. The van der Waals surface area contributed by atoms with Gasteiger partial charge in [-0.15, -0.1) is 0 Å². The Morgan fingerprint density at radius 1 is 1.05 bits per heavy atom. The number of ether oxygens (including phenoxy) is 1. The molecule has 1 amide bonds. The zero-order chi connectivity index (χ0) is 31.4. The van der Waals surface area contributed by atoms with Gasteiger partial charge < -0.3 is 29.5 Å². The van der Waals surface area contributed by atoms with E-state index >= 15 is 0 Å². The minimum Gasteiger partial charge on any atom is -0.542 e. The number of benzene rings is 2. The van der Waals surface area contributed by atoms with Gasteiger partial charge in [-0.05, 0) is 18.1 Å². The van der Waals surface area contributed by atoms with Gasteiger partial charge in [0.25, 0.3) is 5.91 Å². The van der Waals surface area contributed by atoms with Gasteiger partial charge in [0.1, 0.15) is 18.3 Å². The molecule has 1 aromatic heterocycles. The van der Waals surface area contributed by atoms with Crippen LogP contribution in [0.5, 0.6) is 0 Å². The minimum atomic E-state index is -5.19. The number of rotatable bonds is 7. The van der Waals surface area contributed by atoms with E-state index in [2.05, 4.69) is 10.4 Å². The van der Waals surface area contributed by atoms with Gasteiger partial charge in [0.2, 0.25) is 5.60 Å². The van der Waals surface area contributed by atoms with Crippen molar-refractivity contribution in [3.8, 4) is 0 Å². The molecule has 0 radical (unpaired) electrons. The van der Waals surface area contributed by atoms with Crippen LogP contribution in [0.15, 0.2) is 66.7 Å². The molecule has 13 heteroatoms. The van der Waals surface area contributed by atoms with E-state index in [1.165, 1.54) is 0 Å². The zero-order valence-electron chi connectivity index (χ0n) is 23.7. The minimum absolute atomic E-state index is 0.0755. The summed E-state index contributed by atoms with van der Waals surface area (Å²) in [4.78, 5) is 35.4. The normalized spacial score (nSPS) is 21.3. The second kappa shape index (κ2) is 12.6. The molecule has 3 aromatic rings. The molecule has 2 aromatic carbocycles. The number of nitrogens with one attached hydrogen (secondary N) is 1. The number of aryl methyl sites for hydroxylation is 2. The first-order valence-electron chi connectivity index (χ1n) is 13.7. The van der Waals surface area contributed by atoms with Crippen LogP contribution < -0.4 is 10.4 Å². The number of carboxylic acid groups (broad SMARTS) is 1. The lowest BCUT2D eigenvalue weighted by atomic mass is 9.82. The Morgan fingerprint density at radius 2 is 1.56 bits per heavy atom. The maximum Gasteiger partial charge on any atom is 0.430 e. The number of amides is 1. The Bertz CT molecular complexity index is 1400. The molecule has 0 spiro atoms. The van der Waals surface area contributed by atoms with Crippen LogP contribution >= 0.6 is 0 Å². The number of anilines is 1. The van der Waals surface area contributed by atoms with E-state index in [9.17, 15) is 27.9 Å². The number of quaternary nitrogens is 1. The topological polar surface area (TPSA) is 134 Å². The number of hydrogen-bond acceptors (Lipinski definition) is 7. The lowest BCUT2D eigenvalue weighted by Crippen LogP contribution is -2.66. The third kappa shape index (κ3) is 7.23. The molecule has 2 bridgehead atoms. The molecular weight excluding hydrogens is 569 g/mol. The van der Waals surface area contributed by atoms with Gasteiger partial charge >= 0.3 is 12.1 Å². The summed E-state index contributed by atoms with van der Waals surface area (Å²) in [6, 6.07) is 19.7. The summed E-state index contributed by atoms with van der Waals surface area (Å²) in [5.74, 6) is -2.86. The Labute approximate surface area is 246 Å². The van der Waals surface area contributed by atoms with Crippen LogP contribution in [0.25, 0.3) is 0 Å². The van der Waals surface area contributed by atoms with Crippen molar-refractivity contribution in [2.45, 2.75) is 37.6 Å². The number of carbonyl (C=O) groups is 3. The lowest BCUT2D eigenvalue weighted by Gasteiger charge is -2.51. The summed E-state index contributed by atoms with van der Waals surface area (Å²) in [5, 5.41) is 27.8. The fourth-order valence-corrected chi connectivity index (χ4v) is 5.78. The van der Waals surface area contributed by atoms with Crippen molar-refractivity contribution in [1.82, 2.24) is 9.78 Å². The molecule has 43 heavy (non-hydrogen) atoms. The Morgan fingerprint density at radius 3 is 2.00 bits per heavy atom. The molecule has 4 heterocycles. The molecule has 0 unspecified atom stereocenters. The molecule has 3 saturated heterocycles. The highest BCUT2D eigenvalue weighted by Gasteiger charge is 2.51. The predicted molar refractivity (Wildman–Crippen MR) is 146 cm³/mol. The van der Waals surface area contributed by atoms with Crippen LogP contribution in [0, 0.1) is 12.8 Å². The number of halogens is 3. The van der Waals surface area contributed by atoms with Crippen LogP contribution in [0.1, 0.15) is 29.7 Å². The van der Waals surface area contributed by atoms with Gasteiger partial charge in [0.05, 0.1) is 18.8 Å². The predicted octanol–water partition coefficient (Wildman–Crippen LogP) is 2.05. The van der Waals surface area contributed by atoms with E-state index in [0.29, 0.717) is 34.5 Å². The van der Waals surface area contributed by atoms with Gasteiger partial charge in [-0.2, -0.15) is 18.3 Å². The van der Waals surface area contributed by atoms with Gasteiger partial charge in [-0.25, -0.2) is 4.79 Å². The second-order valence-corrected chi connectivity index (χ2v) is 11.0. The number of aromatic nitrogens is 2. The van der Waals surface area contributed by atoms with E-state index in [-0.39, 0.29) is 17.9 Å². The van der Waals surface area contributed by atoms with Crippen LogP contribution in [0.4, 0.5) is 19.0 Å². The zero-order valence-corrected chi connectivity index (χ0v) is 23.7. The van der Waals surface area contributed by atoms with E-state index in [4.69, 9.17) is 14.6 Å². The molecule has 1 atom stereocenters. The van der Waals surface area contributed by atoms with Crippen LogP contribution in [0.3, 0.4) is 0 Å². The Balaban J connectivity index is 0.000000541. The van der Waals surface area contributed by atoms with Gasteiger partial charge in [0, 0.05) is 31.9 Å². The van der Waals surface area contributed by atoms with E-state index in [1.807, 2.05) is 25.1 Å². The van der Waals surface area contributed by atoms with Crippen molar-refractivity contribution in [2.75, 3.05) is 31.5 Å². The maximum atomic E-state index is 13.6. The van der Waals surface area contributed by atoms with Crippen molar-refractivity contribution in [1.29, 1.82) is 0 Å². The number of aliphatic carboxylic acids is 1. The molecule has 6 rings (SSSR count). The average molecular weight is 603 g/mol. The molecular formula is C30H33F3N4O6. The standard InChI is InChI=1S/C28H32N4O4.C2HF3O2/c1-20-17-25(31(2)30-20)29-26(33)19-32-15-13-21(14-16-32)24(18-32)36-27(34)28(35,22-9-5-3-6-10-22)23-11-7-4-8-12-23;3-2(4,5)1(6)7/h3-12,17,21,24,35H,13-16,18-19H2,1-2H3;(H,6,7)/t21?,24-,32?;/m0./s1. The van der Waals surface area contributed by atoms with Crippen molar-refractivity contribution < 1.29 is 47.0 Å². The molecule has 3 aliphatic rings.